The molecule has 23 heavy (non-hydrogen) atoms. The molecule has 4 nitrogen and oxygen atoms in total. The zero-order valence-corrected chi connectivity index (χ0v) is 14.9. The van der Waals surface area contributed by atoms with E-state index in [9.17, 15) is 8.42 Å². The highest BCUT2D eigenvalue weighted by molar-refractivity contribution is 7.90. The second kappa shape index (κ2) is 5.55. The summed E-state index contributed by atoms with van der Waals surface area (Å²) in [6.07, 6.45) is 5.58. The first kappa shape index (κ1) is 16.4. The quantitative estimate of drug-likeness (QED) is 0.824. The summed E-state index contributed by atoms with van der Waals surface area (Å²) in [6, 6.07) is 7.02. The molecule has 0 spiro atoms. The van der Waals surface area contributed by atoms with Gasteiger partial charge in [0.1, 0.15) is 17.6 Å². The molecule has 1 aliphatic carbocycles. The number of ether oxygens (including phenoxy) is 2. The lowest BCUT2D eigenvalue weighted by molar-refractivity contribution is 0.0555. The van der Waals surface area contributed by atoms with Crippen molar-refractivity contribution in [3.05, 3.63) is 41.9 Å². The Labute approximate surface area is 138 Å². The zero-order chi connectivity index (χ0) is 16.8. The standard InChI is InChI=1S/C18H24O4S/c1-12(13-5-6-13)22-16-11-21-18(2,3)17(16)14-7-9-15(10-8-14)23(4,19)20/h7-13,17H,5-6H2,1-4H3. The van der Waals surface area contributed by atoms with Crippen molar-refractivity contribution >= 4 is 9.84 Å². The van der Waals surface area contributed by atoms with Crippen molar-refractivity contribution in [1.29, 1.82) is 0 Å². The molecule has 3 rings (SSSR count). The summed E-state index contributed by atoms with van der Waals surface area (Å²) in [5.41, 5.74) is 0.597. The second-order valence-corrected chi connectivity index (χ2v) is 9.19. The van der Waals surface area contributed by atoms with Crippen molar-refractivity contribution in [3.63, 3.8) is 0 Å². The molecular formula is C18H24O4S. The van der Waals surface area contributed by atoms with Crippen LogP contribution in [0, 0.1) is 5.92 Å². The van der Waals surface area contributed by atoms with Gasteiger partial charge in [-0.05, 0) is 57.2 Å². The summed E-state index contributed by atoms with van der Waals surface area (Å²) in [6.45, 7) is 6.15. The van der Waals surface area contributed by atoms with E-state index < -0.39 is 15.4 Å². The SMILES string of the molecule is CC(OC1=COC(C)(C)C1c1ccc(S(C)(=O)=O)cc1)C1CC1. The molecule has 2 unspecified atom stereocenters. The van der Waals surface area contributed by atoms with Crippen molar-refractivity contribution in [2.75, 3.05) is 6.26 Å². The highest BCUT2D eigenvalue weighted by Crippen LogP contribution is 2.45. The van der Waals surface area contributed by atoms with Crippen molar-refractivity contribution in [1.82, 2.24) is 0 Å². The molecular weight excluding hydrogens is 312 g/mol. The third-order valence-electron chi connectivity index (χ3n) is 4.71. The van der Waals surface area contributed by atoms with Gasteiger partial charge in [0.25, 0.3) is 0 Å². The predicted molar refractivity (Wildman–Crippen MR) is 88.8 cm³/mol. The largest absolute Gasteiger partial charge is 0.491 e. The maximum Gasteiger partial charge on any atom is 0.175 e. The minimum absolute atomic E-state index is 0.0303. The van der Waals surface area contributed by atoms with Gasteiger partial charge in [0.2, 0.25) is 0 Å². The fourth-order valence-electron chi connectivity index (χ4n) is 3.13. The summed E-state index contributed by atoms with van der Waals surface area (Å²) in [4.78, 5) is 0.329. The van der Waals surface area contributed by atoms with E-state index >= 15 is 0 Å². The van der Waals surface area contributed by atoms with Gasteiger partial charge in [-0.3, -0.25) is 0 Å². The van der Waals surface area contributed by atoms with E-state index in [-0.39, 0.29) is 12.0 Å². The molecule has 0 amide bonds. The monoisotopic (exact) mass is 336 g/mol. The van der Waals surface area contributed by atoms with Crippen LogP contribution >= 0.6 is 0 Å². The minimum atomic E-state index is -3.18. The molecule has 0 aromatic heterocycles. The lowest BCUT2D eigenvalue weighted by atomic mass is 9.84. The first-order valence-corrected chi connectivity index (χ1v) is 9.92. The van der Waals surface area contributed by atoms with E-state index in [1.807, 2.05) is 26.0 Å². The van der Waals surface area contributed by atoms with E-state index in [1.165, 1.54) is 19.1 Å². The van der Waals surface area contributed by atoms with Gasteiger partial charge >= 0.3 is 0 Å². The van der Waals surface area contributed by atoms with E-state index in [4.69, 9.17) is 9.47 Å². The molecule has 2 atom stereocenters. The predicted octanol–water partition coefficient (Wildman–Crippen LogP) is 3.64. The van der Waals surface area contributed by atoms with Crippen LogP contribution < -0.4 is 0 Å². The van der Waals surface area contributed by atoms with Crippen LogP contribution in [0.15, 0.2) is 41.2 Å². The molecule has 1 heterocycles. The van der Waals surface area contributed by atoms with Crippen LogP contribution in [0.4, 0.5) is 0 Å². The van der Waals surface area contributed by atoms with Crippen molar-refractivity contribution < 1.29 is 17.9 Å². The van der Waals surface area contributed by atoms with Crippen LogP contribution in [0.1, 0.15) is 45.1 Å². The van der Waals surface area contributed by atoms with E-state index in [0.29, 0.717) is 10.8 Å². The van der Waals surface area contributed by atoms with Crippen LogP contribution in [0.25, 0.3) is 0 Å². The highest BCUT2D eigenvalue weighted by Gasteiger charge is 2.43. The van der Waals surface area contributed by atoms with Gasteiger partial charge in [-0.1, -0.05) is 12.1 Å². The Morgan fingerprint density at radius 3 is 2.35 bits per heavy atom. The Hall–Kier alpha value is -1.49. The molecule has 1 fully saturated rings. The first-order valence-electron chi connectivity index (χ1n) is 8.03. The van der Waals surface area contributed by atoms with Crippen LogP contribution in [0.3, 0.4) is 0 Å². The van der Waals surface area contributed by atoms with Gasteiger partial charge in [-0.15, -0.1) is 0 Å². The highest BCUT2D eigenvalue weighted by atomic mass is 32.2. The van der Waals surface area contributed by atoms with Gasteiger partial charge in [-0.25, -0.2) is 8.42 Å². The maximum absolute atomic E-state index is 11.6. The number of rotatable bonds is 5. The molecule has 5 heteroatoms. The fraction of sp³-hybridized carbons (Fsp3) is 0.556. The second-order valence-electron chi connectivity index (χ2n) is 7.18. The van der Waals surface area contributed by atoms with Crippen molar-refractivity contribution in [2.45, 2.75) is 56.1 Å². The van der Waals surface area contributed by atoms with E-state index in [0.717, 1.165) is 11.3 Å². The topological polar surface area (TPSA) is 52.6 Å². The molecule has 126 valence electrons. The third-order valence-corrected chi connectivity index (χ3v) is 5.84. The first-order chi connectivity index (χ1) is 10.7. The number of hydrogen-bond acceptors (Lipinski definition) is 4. The lowest BCUT2D eigenvalue weighted by Crippen LogP contribution is -2.29. The summed E-state index contributed by atoms with van der Waals surface area (Å²) in [7, 11) is -3.18. The fourth-order valence-corrected chi connectivity index (χ4v) is 3.76. The molecule has 1 aromatic rings. The van der Waals surface area contributed by atoms with Crippen LogP contribution in [0.5, 0.6) is 0 Å². The summed E-state index contributed by atoms with van der Waals surface area (Å²) >= 11 is 0. The molecule has 1 saturated carbocycles. The summed E-state index contributed by atoms with van der Waals surface area (Å²) < 4.78 is 35.2. The van der Waals surface area contributed by atoms with E-state index in [1.54, 1.807) is 18.4 Å². The van der Waals surface area contributed by atoms with Crippen LogP contribution in [0.2, 0.25) is 0 Å². The average molecular weight is 336 g/mol. The van der Waals surface area contributed by atoms with Gasteiger partial charge in [0.15, 0.2) is 9.84 Å². The van der Waals surface area contributed by atoms with Crippen LogP contribution in [-0.4, -0.2) is 26.4 Å². The van der Waals surface area contributed by atoms with Crippen molar-refractivity contribution in [3.8, 4) is 0 Å². The molecule has 1 aromatic carbocycles. The third kappa shape index (κ3) is 3.39. The zero-order valence-electron chi connectivity index (χ0n) is 14.1. The number of benzene rings is 1. The Morgan fingerprint density at radius 1 is 1.22 bits per heavy atom. The molecule has 0 N–H and O–H groups in total. The Kier molecular flexibility index (Phi) is 3.95. The maximum atomic E-state index is 11.6. The average Bonchev–Trinajstić information content (AvgIpc) is 3.25. The summed E-state index contributed by atoms with van der Waals surface area (Å²) in [5, 5.41) is 0. The molecule has 1 aliphatic heterocycles. The smallest absolute Gasteiger partial charge is 0.175 e. The Bertz CT molecular complexity index is 712. The molecule has 0 bridgehead atoms. The number of sulfone groups is 1. The number of hydrogen-bond donors (Lipinski definition) is 0. The van der Waals surface area contributed by atoms with Gasteiger partial charge < -0.3 is 9.47 Å². The molecule has 2 aliphatic rings. The minimum Gasteiger partial charge on any atom is -0.491 e. The molecule has 0 saturated heterocycles. The van der Waals surface area contributed by atoms with Gasteiger partial charge in [-0.2, -0.15) is 0 Å². The Balaban J connectivity index is 1.86. The van der Waals surface area contributed by atoms with Crippen molar-refractivity contribution in [2.24, 2.45) is 5.92 Å². The van der Waals surface area contributed by atoms with Crippen LogP contribution in [-0.2, 0) is 19.3 Å². The molecule has 0 radical (unpaired) electrons. The van der Waals surface area contributed by atoms with Gasteiger partial charge in [0, 0.05) is 6.26 Å². The Morgan fingerprint density at radius 2 is 1.83 bits per heavy atom. The van der Waals surface area contributed by atoms with Gasteiger partial charge in [0.05, 0.1) is 16.9 Å². The lowest BCUT2D eigenvalue weighted by Gasteiger charge is -2.29. The summed E-state index contributed by atoms with van der Waals surface area (Å²) in [5.74, 6) is 1.45. The normalized spacial score (nSPS) is 24.7. The van der Waals surface area contributed by atoms with E-state index in [2.05, 4.69) is 6.92 Å².